The lowest BCUT2D eigenvalue weighted by Crippen LogP contribution is -2.38. The summed E-state index contributed by atoms with van der Waals surface area (Å²) in [4.78, 5) is 12.6. The Labute approximate surface area is 184 Å². The number of methoxy groups -OCH3 is 1. The number of nitrogens with zero attached hydrogens (tertiary/aromatic N) is 2. The minimum Gasteiger partial charge on any atom is -0.497 e. The molecule has 11 heteroatoms. The fourth-order valence-electron chi connectivity index (χ4n) is 3.11. The van der Waals surface area contributed by atoms with Gasteiger partial charge < -0.3 is 24.1 Å². The topological polar surface area (TPSA) is 120 Å². The average Bonchev–Trinajstić information content (AvgIpc) is 3.21. The highest BCUT2D eigenvalue weighted by molar-refractivity contribution is 7.92. The SMILES string of the molecule is COc1ccc(N(CC(=O)Nc2cc(C)on2)S(=O)(=O)c2ccc3c(c2)OCCO3)cc1. The highest BCUT2D eigenvalue weighted by atomic mass is 32.2. The number of carbonyl (C=O) groups is 1. The molecule has 1 aromatic heterocycles. The van der Waals surface area contributed by atoms with Gasteiger partial charge in [-0.05, 0) is 43.3 Å². The Morgan fingerprint density at radius 3 is 2.47 bits per heavy atom. The van der Waals surface area contributed by atoms with Crippen LogP contribution in [-0.2, 0) is 14.8 Å². The summed E-state index contributed by atoms with van der Waals surface area (Å²) in [5.74, 6) is 1.46. The third kappa shape index (κ3) is 4.47. The van der Waals surface area contributed by atoms with Gasteiger partial charge in [0, 0.05) is 12.1 Å². The second kappa shape index (κ2) is 8.79. The van der Waals surface area contributed by atoms with Crippen molar-refractivity contribution in [3.63, 3.8) is 0 Å². The van der Waals surface area contributed by atoms with Crippen molar-refractivity contribution >= 4 is 27.4 Å². The van der Waals surface area contributed by atoms with E-state index >= 15 is 0 Å². The maximum absolute atomic E-state index is 13.5. The van der Waals surface area contributed by atoms with Crippen LogP contribution in [0.15, 0.2) is 57.9 Å². The first-order chi connectivity index (χ1) is 15.4. The molecule has 0 fully saturated rings. The van der Waals surface area contributed by atoms with Gasteiger partial charge in [0.1, 0.15) is 31.3 Å². The largest absolute Gasteiger partial charge is 0.497 e. The Morgan fingerprint density at radius 2 is 1.81 bits per heavy atom. The van der Waals surface area contributed by atoms with Crippen molar-refractivity contribution in [2.45, 2.75) is 11.8 Å². The number of anilines is 2. The van der Waals surface area contributed by atoms with Crippen molar-refractivity contribution in [2.75, 3.05) is 36.5 Å². The number of amides is 1. The van der Waals surface area contributed by atoms with Crippen LogP contribution in [-0.4, -0.2) is 46.3 Å². The number of carbonyl (C=O) groups excluding carboxylic acids is 1. The predicted molar refractivity (Wildman–Crippen MR) is 115 cm³/mol. The van der Waals surface area contributed by atoms with E-state index in [1.807, 2.05) is 0 Å². The Kier molecular flexibility index (Phi) is 5.91. The standard InChI is InChI=1S/C21H21N3O7S/c1-14-11-20(23-31-14)22-21(25)13-24(15-3-5-16(28-2)6-4-15)32(26,27)17-7-8-18-19(12-17)30-10-9-29-18/h3-8,11-12H,9-10,13H2,1-2H3,(H,22,23,25). The van der Waals surface area contributed by atoms with Crippen molar-refractivity contribution in [1.82, 2.24) is 5.16 Å². The van der Waals surface area contributed by atoms with Crippen LogP contribution in [0.4, 0.5) is 11.5 Å². The molecule has 10 nitrogen and oxygen atoms in total. The molecule has 1 aliphatic heterocycles. The highest BCUT2D eigenvalue weighted by Crippen LogP contribution is 2.34. The molecule has 1 aliphatic rings. The lowest BCUT2D eigenvalue weighted by atomic mass is 10.3. The van der Waals surface area contributed by atoms with E-state index < -0.39 is 22.5 Å². The zero-order valence-corrected chi connectivity index (χ0v) is 18.2. The van der Waals surface area contributed by atoms with Gasteiger partial charge in [-0.25, -0.2) is 8.42 Å². The lowest BCUT2D eigenvalue weighted by Gasteiger charge is -2.25. The summed E-state index contributed by atoms with van der Waals surface area (Å²) < 4.78 is 49.2. The molecule has 2 aromatic carbocycles. The van der Waals surface area contributed by atoms with Crippen LogP contribution >= 0.6 is 0 Å². The molecule has 0 saturated carbocycles. The van der Waals surface area contributed by atoms with Crippen LogP contribution in [0.3, 0.4) is 0 Å². The molecule has 0 radical (unpaired) electrons. The van der Waals surface area contributed by atoms with Crippen molar-refractivity contribution in [3.8, 4) is 17.2 Å². The first-order valence-electron chi connectivity index (χ1n) is 9.66. The molecule has 0 saturated heterocycles. The molecule has 0 spiro atoms. The normalized spacial score (nSPS) is 12.8. The monoisotopic (exact) mass is 459 g/mol. The fourth-order valence-corrected chi connectivity index (χ4v) is 4.55. The smallest absolute Gasteiger partial charge is 0.264 e. The molecule has 168 valence electrons. The number of benzene rings is 2. The second-order valence-electron chi connectivity index (χ2n) is 6.89. The Hall–Kier alpha value is -3.73. The molecule has 0 aliphatic carbocycles. The number of rotatable bonds is 7. The van der Waals surface area contributed by atoms with Gasteiger partial charge in [-0.15, -0.1) is 0 Å². The number of ether oxygens (including phenoxy) is 3. The van der Waals surface area contributed by atoms with E-state index in [1.165, 1.54) is 31.4 Å². The van der Waals surface area contributed by atoms with Crippen molar-refractivity contribution in [1.29, 1.82) is 0 Å². The number of hydrogen-bond acceptors (Lipinski definition) is 8. The number of hydrogen-bond donors (Lipinski definition) is 1. The molecule has 4 rings (SSSR count). The average molecular weight is 459 g/mol. The number of fused-ring (bicyclic) bond motifs is 1. The summed E-state index contributed by atoms with van der Waals surface area (Å²) in [6.07, 6.45) is 0. The van der Waals surface area contributed by atoms with Crippen molar-refractivity contribution in [2.24, 2.45) is 0 Å². The maximum Gasteiger partial charge on any atom is 0.264 e. The molecule has 2 heterocycles. The predicted octanol–water partition coefficient (Wildman–Crippen LogP) is 2.60. The minimum atomic E-state index is -4.14. The summed E-state index contributed by atoms with van der Waals surface area (Å²) >= 11 is 0. The van der Waals surface area contributed by atoms with Crippen LogP contribution in [0.2, 0.25) is 0 Å². The summed E-state index contributed by atoms with van der Waals surface area (Å²) in [7, 11) is -2.63. The lowest BCUT2D eigenvalue weighted by molar-refractivity contribution is -0.114. The number of nitrogens with one attached hydrogen (secondary N) is 1. The quantitative estimate of drug-likeness (QED) is 0.572. The molecule has 0 bridgehead atoms. The van der Waals surface area contributed by atoms with Gasteiger partial charge in [-0.2, -0.15) is 0 Å². The molecular formula is C21H21N3O7S. The summed E-state index contributed by atoms with van der Waals surface area (Å²) in [6.45, 7) is 1.89. The first-order valence-corrected chi connectivity index (χ1v) is 11.1. The van der Waals surface area contributed by atoms with Gasteiger partial charge in [0.25, 0.3) is 10.0 Å². The van der Waals surface area contributed by atoms with Crippen LogP contribution in [0, 0.1) is 6.92 Å². The molecule has 32 heavy (non-hydrogen) atoms. The van der Waals surface area contributed by atoms with Crippen molar-refractivity contribution < 1.29 is 31.9 Å². The number of sulfonamides is 1. The zero-order chi connectivity index (χ0) is 22.7. The Bertz CT molecular complexity index is 1220. The van der Waals surface area contributed by atoms with Gasteiger partial charge in [0.15, 0.2) is 17.3 Å². The second-order valence-corrected chi connectivity index (χ2v) is 8.75. The van der Waals surface area contributed by atoms with Crippen LogP contribution in [0.1, 0.15) is 5.76 Å². The summed E-state index contributed by atoms with van der Waals surface area (Å²) in [5, 5.41) is 6.24. The van der Waals surface area contributed by atoms with Crippen molar-refractivity contribution in [3.05, 3.63) is 54.3 Å². The molecule has 3 aromatic rings. The Balaban J connectivity index is 1.67. The van der Waals surface area contributed by atoms with Gasteiger partial charge in [-0.3, -0.25) is 9.10 Å². The zero-order valence-electron chi connectivity index (χ0n) is 17.4. The maximum atomic E-state index is 13.5. The van der Waals surface area contributed by atoms with E-state index in [9.17, 15) is 13.2 Å². The van der Waals surface area contributed by atoms with E-state index in [1.54, 1.807) is 31.2 Å². The van der Waals surface area contributed by atoms with E-state index in [-0.39, 0.29) is 16.4 Å². The fraction of sp³-hybridized carbons (Fsp3) is 0.238. The number of aryl methyl sites for hydroxylation is 1. The molecule has 1 N–H and O–H groups in total. The van der Waals surface area contributed by atoms with Gasteiger partial charge in [0.05, 0.1) is 17.7 Å². The molecular weight excluding hydrogens is 438 g/mol. The van der Waals surface area contributed by atoms with Gasteiger partial charge in [-0.1, -0.05) is 5.16 Å². The van der Waals surface area contributed by atoms with Crippen LogP contribution < -0.4 is 23.8 Å². The molecule has 1 amide bonds. The highest BCUT2D eigenvalue weighted by Gasteiger charge is 2.29. The van der Waals surface area contributed by atoms with E-state index in [2.05, 4.69) is 10.5 Å². The van der Waals surface area contributed by atoms with E-state index in [0.717, 1.165) is 4.31 Å². The summed E-state index contributed by atoms with van der Waals surface area (Å²) in [5.41, 5.74) is 0.284. The van der Waals surface area contributed by atoms with E-state index in [0.29, 0.717) is 36.2 Å². The Morgan fingerprint density at radius 1 is 1.09 bits per heavy atom. The minimum absolute atomic E-state index is 0.0392. The van der Waals surface area contributed by atoms with Crippen LogP contribution in [0.25, 0.3) is 0 Å². The first kappa shape index (κ1) is 21.5. The third-order valence-electron chi connectivity index (χ3n) is 4.64. The van der Waals surface area contributed by atoms with Gasteiger partial charge in [0.2, 0.25) is 5.91 Å². The van der Waals surface area contributed by atoms with Gasteiger partial charge >= 0.3 is 0 Å². The number of aromatic nitrogens is 1. The molecule has 0 unspecified atom stereocenters. The molecule has 0 atom stereocenters. The summed E-state index contributed by atoms with van der Waals surface area (Å²) in [6, 6.07) is 12.2. The van der Waals surface area contributed by atoms with E-state index in [4.69, 9.17) is 18.7 Å². The van der Waals surface area contributed by atoms with Crippen LogP contribution in [0.5, 0.6) is 17.2 Å². The third-order valence-corrected chi connectivity index (χ3v) is 6.41.